The highest BCUT2D eigenvalue weighted by atomic mass is 16.5. The van der Waals surface area contributed by atoms with E-state index >= 15 is 0 Å². The van der Waals surface area contributed by atoms with Crippen LogP contribution in [-0.2, 0) is 29.0 Å². The summed E-state index contributed by atoms with van der Waals surface area (Å²) >= 11 is 0. The maximum absolute atomic E-state index is 12.7. The molecule has 2 unspecified atom stereocenters. The van der Waals surface area contributed by atoms with Crippen LogP contribution >= 0.6 is 0 Å². The molecule has 1 N–H and O–H groups in total. The lowest BCUT2D eigenvalue weighted by atomic mass is 9.97. The van der Waals surface area contributed by atoms with Gasteiger partial charge in [0.05, 0.1) is 25.9 Å². The quantitative estimate of drug-likeness (QED) is 0.319. The minimum atomic E-state index is -1.32. The number of benzene rings is 3. The fourth-order valence-electron chi connectivity index (χ4n) is 4.22. The third kappa shape index (κ3) is 7.83. The number of aliphatic hydroxyl groups excluding tert-OH is 1. The molecule has 2 atom stereocenters. The first-order valence-electron chi connectivity index (χ1n) is 12.6. The Hall–Kier alpha value is -3.35. The average molecular weight is 492 g/mol. The van der Waals surface area contributed by atoms with Crippen LogP contribution in [0.15, 0.2) is 78.9 Å². The lowest BCUT2D eigenvalue weighted by Gasteiger charge is -2.34. The number of nitrogens with zero attached hydrogens (tertiary/aromatic N) is 1. The number of hydrogen-bond acceptors (Lipinski definition) is 6. The largest absolute Gasteiger partial charge is 0.490 e. The van der Waals surface area contributed by atoms with Crippen molar-refractivity contribution in [2.75, 3.05) is 19.8 Å². The van der Waals surface area contributed by atoms with E-state index in [9.17, 15) is 9.90 Å². The van der Waals surface area contributed by atoms with E-state index < -0.39 is 18.1 Å². The Morgan fingerprint density at radius 1 is 0.750 bits per heavy atom. The van der Waals surface area contributed by atoms with Gasteiger partial charge in [-0.1, -0.05) is 66.7 Å². The van der Waals surface area contributed by atoms with Crippen LogP contribution in [0.5, 0.6) is 11.5 Å². The molecule has 3 rings (SSSR count). The number of aliphatic hydroxyl groups is 1. The fourth-order valence-corrected chi connectivity index (χ4v) is 4.22. The average Bonchev–Trinajstić information content (AvgIpc) is 2.89. The van der Waals surface area contributed by atoms with Gasteiger partial charge in [0.15, 0.2) is 17.6 Å². The molecule has 0 aliphatic rings. The van der Waals surface area contributed by atoms with E-state index in [1.54, 1.807) is 6.92 Å². The molecule has 0 spiro atoms. The van der Waals surface area contributed by atoms with Crippen molar-refractivity contribution in [3.05, 3.63) is 95.6 Å². The Bertz CT molecular complexity index is 1020. The Morgan fingerprint density at radius 3 is 1.83 bits per heavy atom. The van der Waals surface area contributed by atoms with Gasteiger partial charge in [-0.2, -0.15) is 0 Å². The summed E-state index contributed by atoms with van der Waals surface area (Å²) in [6, 6.07) is 25.4. The summed E-state index contributed by atoms with van der Waals surface area (Å²) in [5.41, 5.74) is 3.12. The second kappa shape index (κ2) is 14.3. The minimum absolute atomic E-state index is 0.206. The summed E-state index contributed by atoms with van der Waals surface area (Å²) < 4.78 is 16.8. The molecular weight excluding hydrogens is 454 g/mol. The maximum atomic E-state index is 12.7. The SMILES string of the molecule is CCOC(=O)C(O)C(Cc1ccc(OCC)c(OCC)c1)N(Cc1ccccc1)Cc1ccccc1. The van der Waals surface area contributed by atoms with Crippen molar-refractivity contribution in [1.29, 1.82) is 0 Å². The van der Waals surface area contributed by atoms with Crippen molar-refractivity contribution in [1.82, 2.24) is 4.90 Å². The highest BCUT2D eigenvalue weighted by molar-refractivity contribution is 5.75. The van der Waals surface area contributed by atoms with Crippen molar-refractivity contribution in [2.24, 2.45) is 0 Å². The first-order valence-corrected chi connectivity index (χ1v) is 12.6. The van der Waals surface area contributed by atoms with Crippen molar-refractivity contribution < 1.29 is 24.1 Å². The summed E-state index contributed by atoms with van der Waals surface area (Å²) in [6.45, 7) is 7.97. The molecule has 0 aromatic heterocycles. The number of ether oxygens (including phenoxy) is 3. The lowest BCUT2D eigenvalue weighted by molar-refractivity contribution is -0.157. The zero-order valence-corrected chi connectivity index (χ0v) is 21.4. The molecule has 0 amide bonds. The summed E-state index contributed by atoms with van der Waals surface area (Å²) in [5.74, 6) is 0.708. The molecule has 0 saturated carbocycles. The molecule has 0 heterocycles. The van der Waals surface area contributed by atoms with Crippen LogP contribution in [0, 0.1) is 0 Å². The lowest BCUT2D eigenvalue weighted by Crippen LogP contribution is -2.48. The van der Waals surface area contributed by atoms with Crippen LogP contribution in [0.3, 0.4) is 0 Å². The van der Waals surface area contributed by atoms with Crippen molar-refractivity contribution in [2.45, 2.75) is 52.4 Å². The standard InChI is InChI=1S/C30H37NO5/c1-4-34-27-18-17-25(20-28(27)35-5-2)19-26(29(32)30(33)36-6-3)31(21-23-13-9-7-10-14-23)22-24-15-11-8-12-16-24/h7-18,20,26,29,32H,4-6,19,21-22H2,1-3H3. The Kier molecular flexibility index (Phi) is 10.8. The van der Waals surface area contributed by atoms with Gasteiger partial charge in [-0.3, -0.25) is 4.90 Å². The molecule has 6 nitrogen and oxygen atoms in total. The summed E-state index contributed by atoms with van der Waals surface area (Å²) in [4.78, 5) is 14.9. The van der Waals surface area contributed by atoms with Gasteiger partial charge in [0.1, 0.15) is 0 Å². The van der Waals surface area contributed by atoms with Crippen molar-refractivity contribution >= 4 is 5.97 Å². The second-order valence-electron chi connectivity index (χ2n) is 8.49. The Labute approximate surface area is 214 Å². The third-order valence-electron chi connectivity index (χ3n) is 5.87. The van der Waals surface area contributed by atoms with Gasteiger partial charge in [-0.25, -0.2) is 4.79 Å². The molecule has 0 bridgehead atoms. The topological polar surface area (TPSA) is 68.2 Å². The van der Waals surface area contributed by atoms with E-state index in [1.807, 2.05) is 68.4 Å². The van der Waals surface area contributed by atoms with E-state index in [-0.39, 0.29) is 6.61 Å². The molecule has 0 saturated heterocycles. The number of carbonyl (C=O) groups excluding carboxylic acids is 1. The van der Waals surface area contributed by atoms with Crippen LogP contribution in [-0.4, -0.2) is 47.9 Å². The first-order chi connectivity index (χ1) is 17.5. The maximum Gasteiger partial charge on any atom is 0.336 e. The monoisotopic (exact) mass is 491 g/mol. The third-order valence-corrected chi connectivity index (χ3v) is 5.87. The summed E-state index contributed by atoms with van der Waals surface area (Å²) in [7, 11) is 0. The van der Waals surface area contributed by atoms with Gasteiger partial charge in [0.25, 0.3) is 0 Å². The fraction of sp³-hybridized carbons (Fsp3) is 0.367. The molecule has 3 aromatic rings. The second-order valence-corrected chi connectivity index (χ2v) is 8.49. The predicted molar refractivity (Wildman–Crippen MR) is 141 cm³/mol. The highest BCUT2D eigenvalue weighted by Crippen LogP contribution is 2.30. The van der Waals surface area contributed by atoms with E-state index in [0.717, 1.165) is 16.7 Å². The van der Waals surface area contributed by atoms with Gasteiger partial charge in [0.2, 0.25) is 0 Å². The predicted octanol–water partition coefficient (Wildman–Crippen LogP) is 5.02. The molecule has 0 aliphatic heterocycles. The molecule has 192 valence electrons. The molecule has 36 heavy (non-hydrogen) atoms. The Balaban J connectivity index is 1.99. The summed E-state index contributed by atoms with van der Waals surface area (Å²) in [6.07, 6.45) is -0.897. The van der Waals surface area contributed by atoms with Crippen LogP contribution < -0.4 is 9.47 Å². The van der Waals surface area contributed by atoms with Crippen LogP contribution in [0.25, 0.3) is 0 Å². The Morgan fingerprint density at radius 2 is 1.31 bits per heavy atom. The smallest absolute Gasteiger partial charge is 0.336 e. The van der Waals surface area contributed by atoms with Gasteiger partial charge >= 0.3 is 5.97 Å². The first kappa shape index (κ1) is 27.2. The zero-order valence-electron chi connectivity index (χ0n) is 21.4. The highest BCUT2D eigenvalue weighted by Gasteiger charge is 2.33. The minimum Gasteiger partial charge on any atom is -0.490 e. The zero-order chi connectivity index (χ0) is 25.8. The molecule has 0 aliphatic carbocycles. The normalized spacial score (nSPS) is 12.7. The van der Waals surface area contributed by atoms with Gasteiger partial charge < -0.3 is 19.3 Å². The molecule has 3 aromatic carbocycles. The number of hydrogen-bond donors (Lipinski definition) is 1. The van der Waals surface area contributed by atoms with E-state index in [4.69, 9.17) is 14.2 Å². The van der Waals surface area contributed by atoms with Gasteiger partial charge in [-0.05, 0) is 56.0 Å². The van der Waals surface area contributed by atoms with Crippen LogP contribution in [0.4, 0.5) is 0 Å². The van der Waals surface area contributed by atoms with Gasteiger partial charge in [-0.15, -0.1) is 0 Å². The van der Waals surface area contributed by atoms with Crippen molar-refractivity contribution in [3.8, 4) is 11.5 Å². The number of esters is 1. The summed E-state index contributed by atoms with van der Waals surface area (Å²) in [5, 5.41) is 11.2. The number of carbonyl (C=O) groups is 1. The van der Waals surface area contributed by atoms with Gasteiger partial charge in [0, 0.05) is 13.1 Å². The van der Waals surface area contributed by atoms with Crippen LogP contribution in [0.1, 0.15) is 37.5 Å². The van der Waals surface area contributed by atoms with E-state index in [2.05, 4.69) is 29.2 Å². The molecule has 0 radical (unpaired) electrons. The molecule has 0 fully saturated rings. The van der Waals surface area contributed by atoms with Crippen LogP contribution in [0.2, 0.25) is 0 Å². The van der Waals surface area contributed by atoms with E-state index in [1.165, 1.54) is 0 Å². The van der Waals surface area contributed by atoms with E-state index in [0.29, 0.717) is 44.2 Å². The number of rotatable bonds is 14. The molecule has 6 heteroatoms. The molecular formula is C30H37NO5. The van der Waals surface area contributed by atoms with Crippen molar-refractivity contribution in [3.63, 3.8) is 0 Å².